The van der Waals surface area contributed by atoms with Crippen molar-refractivity contribution in [3.63, 3.8) is 0 Å². The van der Waals surface area contributed by atoms with Crippen LogP contribution in [0.5, 0.6) is 0 Å². The molecule has 0 spiro atoms. The average Bonchev–Trinajstić information content (AvgIpc) is 2.81. The fourth-order valence-corrected chi connectivity index (χ4v) is 3.76. The van der Waals surface area contributed by atoms with Crippen LogP contribution in [0.4, 0.5) is 0 Å². The van der Waals surface area contributed by atoms with Gasteiger partial charge in [-0.1, -0.05) is 13.8 Å². The normalized spacial score (nSPS) is 35.5. The maximum atomic E-state index is 12.2. The van der Waals surface area contributed by atoms with Crippen molar-refractivity contribution in [1.29, 1.82) is 0 Å². The summed E-state index contributed by atoms with van der Waals surface area (Å²) in [7, 11) is 0. The van der Waals surface area contributed by atoms with Crippen LogP contribution in [0.15, 0.2) is 0 Å². The lowest BCUT2D eigenvalue weighted by Gasteiger charge is -2.41. The molecule has 0 saturated carbocycles. The van der Waals surface area contributed by atoms with Gasteiger partial charge in [0.1, 0.15) is 0 Å². The molecule has 0 aromatic heterocycles. The number of aliphatic carboxylic acids is 1. The molecule has 5 heteroatoms. The topological polar surface area (TPSA) is 60.9 Å². The summed E-state index contributed by atoms with van der Waals surface area (Å²) in [4.78, 5) is 27.9. The Kier molecular flexibility index (Phi) is 4.68. The predicted molar refractivity (Wildman–Crippen MR) is 76.3 cm³/mol. The van der Waals surface area contributed by atoms with Gasteiger partial charge in [0.15, 0.2) is 0 Å². The van der Waals surface area contributed by atoms with E-state index in [0.717, 1.165) is 26.1 Å². The lowest BCUT2D eigenvalue weighted by molar-refractivity contribution is -0.155. The molecule has 114 valence electrons. The van der Waals surface area contributed by atoms with E-state index in [9.17, 15) is 14.7 Å². The van der Waals surface area contributed by atoms with E-state index in [-0.39, 0.29) is 17.9 Å². The van der Waals surface area contributed by atoms with Gasteiger partial charge in [-0.15, -0.1) is 0 Å². The second-order valence-corrected chi connectivity index (χ2v) is 6.38. The third-order valence-corrected chi connectivity index (χ3v) is 5.00. The van der Waals surface area contributed by atoms with Crippen LogP contribution in [-0.2, 0) is 9.59 Å². The Morgan fingerprint density at radius 1 is 1.40 bits per heavy atom. The number of nitrogens with zero attached hydrogens (tertiary/aromatic N) is 2. The summed E-state index contributed by atoms with van der Waals surface area (Å²) < 4.78 is 0. The van der Waals surface area contributed by atoms with Crippen LogP contribution in [0.25, 0.3) is 0 Å². The Hall–Kier alpha value is -1.10. The summed E-state index contributed by atoms with van der Waals surface area (Å²) in [6.07, 6.45) is 1.48. The molecule has 20 heavy (non-hydrogen) atoms. The maximum Gasteiger partial charge on any atom is 0.308 e. The van der Waals surface area contributed by atoms with Crippen molar-refractivity contribution >= 4 is 11.9 Å². The highest BCUT2D eigenvalue weighted by atomic mass is 16.4. The summed E-state index contributed by atoms with van der Waals surface area (Å²) in [6, 6.07) is -0.195. The van der Waals surface area contributed by atoms with Crippen molar-refractivity contribution in [3.8, 4) is 0 Å². The Labute approximate surface area is 120 Å². The van der Waals surface area contributed by atoms with Gasteiger partial charge >= 0.3 is 5.97 Å². The molecule has 4 atom stereocenters. The van der Waals surface area contributed by atoms with Gasteiger partial charge < -0.3 is 14.9 Å². The molecule has 2 aliphatic heterocycles. The monoisotopic (exact) mass is 282 g/mol. The van der Waals surface area contributed by atoms with Gasteiger partial charge in [-0.2, -0.15) is 0 Å². The van der Waals surface area contributed by atoms with E-state index in [2.05, 4.69) is 11.8 Å². The fourth-order valence-electron chi connectivity index (χ4n) is 3.76. The number of piperidine rings is 1. The van der Waals surface area contributed by atoms with Gasteiger partial charge in [-0.05, 0) is 38.3 Å². The van der Waals surface area contributed by atoms with Crippen LogP contribution >= 0.6 is 0 Å². The van der Waals surface area contributed by atoms with Crippen molar-refractivity contribution in [2.24, 2.45) is 17.8 Å². The molecule has 2 aliphatic rings. The fraction of sp³-hybridized carbons (Fsp3) is 0.867. The summed E-state index contributed by atoms with van der Waals surface area (Å²) in [6.45, 7) is 9.80. The van der Waals surface area contributed by atoms with Crippen LogP contribution in [0.3, 0.4) is 0 Å². The Balaban J connectivity index is 2.02. The van der Waals surface area contributed by atoms with Crippen molar-refractivity contribution in [2.45, 2.75) is 39.7 Å². The van der Waals surface area contributed by atoms with E-state index >= 15 is 0 Å². The quantitative estimate of drug-likeness (QED) is 0.844. The number of carboxylic acids is 1. The van der Waals surface area contributed by atoms with E-state index < -0.39 is 11.9 Å². The van der Waals surface area contributed by atoms with Crippen molar-refractivity contribution in [2.75, 3.05) is 26.2 Å². The van der Waals surface area contributed by atoms with E-state index in [1.54, 1.807) is 0 Å². The highest BCUT2D eigenvalue weighted by Crippen LogP contribution is 2.31. The molecule has 0 aliphatic carbocycles. The molecule has 2 fully saturated rings. The zero-order chi connectivity index (χ0) is 14.9. The molecular formula is C15H26N2O3. The molecule has 0 aromatic carbocycles. The van der Waals surface area contributed by atoms with Gasteiger partial charge in [0.2, 0.25) is 5.91 Å². The zero-order valence-corrected chi connectivity index (χ0v) is 12.7. The van der Waals surface area contributed by atoms with Gasteiger partial charge in [-0.25, -0.2) is 0 Å². The summed E-state index contributed by atoms with van der Waals surface area (Å²) >= 11 is 0. The Bertz CT molecular complexity index is 385. The first-order chi connectivity index (χ1) is 9.43. The molecule has 4 unspecified atom stereocenters. The molecule has 5 nitrogen and oxygen atoms in total. The maximum absolute atomic E-state index is 12.2. The van der Waals surface area contributed by atoms with Crippen molar-refractivity contribution < 1.29 is 14.7 Å². The van der Waals surface area contributed by atoms with Crippen molar-refractivity contribution in [1.82, 2.24) is 9.80 Å². The first kappa shape index (κ1) is 15.3. The van der Waals surface area contributed by atoms with Crippen LogP contribution in [0.2, 0.25) is 0 Å². The first-order valence-corrected chi connectivity index (χ1v) is 7.68. The van der Waals surface area contributed by atoms with Gasteiger partial charge in [-0.3, -0.25) is 9.59 Å². The highest BCUT2D eigenvalue weighted by molar-refractivity contribution is 5.81. The van der Waals surface area contributed by atoms with Gasteiger partial charge in [0.05, 0.1) is 5.92 Å². The zero-order valence-electron chi connectivity index (χ0n) is 12.7. The number of carbonyl (C=O) groups is 2. The number of carboxylic acid groups (broad SMARTS) is 1. The Morgan fingerprint density at radius 3 is 2.65 bits per heavy atom. The van der Waals surface area contributed by atoms with E-state index in [4.69, 9.17) is 0 Å². The molecule has 2 rings (SSSR count). The second-order valence-electron chi connectivity index (χ2n) is 6.38. The number of rotatable bonds is 4. The van der Waals surface area contributed by atoms with Crippen LogP contribution < -0.4 is 0 Å². The minimum Gasteiger partial charge on any atom is -0.481 e. The minimum atomic E-state index is -0.774. The molecule has 1 N–H and O–H groups in total. The lowest BCUT2D eigenvalue weighted by Crippen LogP contribution is -2.54. The SMILES string of the molecule is CCN1CCC(CN2C(=O)CC(C)C(C(=O)O)C2C)C1. The highest BCUT2D eigenvalue weighted by Gasteiger charge is 2.42. The molecule has 0 aromatic rings. The third-order valence-electron chi connectivity index (χ3n) is 5.00. The van der Waals surface area contributed by atoms with Gasteiger partial charge in [0.25, 0.3) is 0 Å². The lowest BCUT2D eigenvalue weighted by atomic mass is 9.80. The number of carbonyl (C=O) groups excluding carboxylic acids is 1. The number of hydrogen-bond acceptors (Lipinski definition) is 3. The second kappa shape index (κ2) is 6.12. The van der Waals surface area contributed by atoms with Crippen LogP contribution in [0, 0.1) is 17.8 Å². The first-order valence-electron chi connectivity index (χ1n) is 7.68. The molecule has 0 radical (unpaired) electrons. The predicted octanol–water partition coefficient (Wildman–Crippen LogP) is 1.29. The molecule has 2 saturated heterocycles. The number of hydrogen-bond donors (Lipinski definition) is 1. The summed E-state index contributed by atoms with van der Waals surface area (Å²) in [5, 5.41) is 9.38. The minimum absolute atomic E-state index is 0.0676. The van der Waals surface area contributed by atoms with E-state index in [0.29, 0.717) is 18.9 Å². The Morgan fingerprint density at radius 2 is 2.10 bits per heavy atom. The third kappa shape index (κ3) is 2.97. The van der Waals surface area contributed by atoms with E-state index in [1.807, 2.05) is 18.7 Å². The standard InChI is InChI=1S/C15H26N2O3/c1-4-16-6-5-12(8-16)9-17-11(3)14(15(19)20)10(2)7-13(17)18/h10-12,14H,4-9H2,1-3H3,(H,19,20). The number of amides is 1. The molecular weight excluding hydrogens is 256 g/mol. The molecule has 2 heterocycles. The largest absolute Gasteiger partial charge is 0.481 e. The van der Waals surface area contributed by atoms with Crippen LogP contribution in [-0.4, -0.2) is 59.0 Å². The summed E-state index contributed by atoms with van der Waals surface area (Å²) in [5.74, 6) is -0.663. The van der Waals surface area contributed by atoms with Crippen molar-refractivity contribution in [3.05, 3.63) is 0 Å². The average molecular weight is 282 g/mol. The smallest absolute Gasteiger partial charge is 0.308 e. The molecule has 0 bridgehead atoms. The van der Waals surface area contributed by atoms with Crippen LogP contribution in [0.1, 0.15) is 33.6 Å². The van der Waals surface area contributed by atoms with E-state index in [1.165, 1.54) is 0 Å². The molecule has 1 amide bonds. The number of likely N-dealkylation sites (tertiary alicyclic amines) is 2. The summed E-state index contributed by atoms with van der Waals surface area (Å²) in [5.41, 5.74) is 0. The van der Waals surface area contributed by atoms with Gasteiger partial charge in [0, 0.05) is 25.6 Å².